The maximum Gasteiger partial charge on any atom is 0.408 e. The van der Waals surface area contributed by atoms with Gasteiger partial charge in [-0.25, -0.2) is 0 Å². The first-order valence-electron chi connectivity index (χ1n) is 9.51. The number of rotatable bonds is 6. The molecule has 0 fully saturated rings. The molecule has 13 heteroatoms. The zero-order valence-corrected chi connectivity index (χ0v) is 18.5. The number of carbonyl (C=O) groups is 1. The van der Waals surface area contributed by atoms with Crippen molar-refractivity contribution >= 4 is 21.7 Å². The maximum atomic E-state index is 13.9. The Balaban J connectivity index is 2.68. The van der Waals surface area contributed by atoms with E-state index in [2.05, 4.69) is 5.32 Å². The molecule has 6 nitrogen and oxygen atoms in total. The van der Waals surface area contributed by atoms with Gasteiger partial charge in [-0.05, 0) is 54.3 Å². The van der Waals surface area contributed by atoms with Crippen molar-refractivity contribution in [2.24, 2.45) is 0 Å². The Hall–Kier alpha value is -3.11. The van der Waals surface area contributed by atoms with Crippen LogP contribution < -0.4 is 5.32 Å². The van der Waals surface area contributed by atoms with Gasteiger partial charge in [0, 0.05) is 11.3 Å². The van der Waals surface area contributed by atoms with E-state index in [-0.39, 0.29) is 34.4 Å². The fraction of sp³-hybridized carbons (Fsp3) is 0.333. The van der Waals surface area contributed by atoms with Crippen LogP contribution in [0.3, 0.4) is 0 Å². The molecule has 0 aliphatic rings. The monoisotopic (exact) mass is 508 g/mol. The number of nitrogens with zero attached hydrogens (tertiary/aromatic N) is 1. The first-order valence-corrected chi connectivity index (χ1v) is 11.1. The molecule has 2 rings (SSSR count). The Labute approximate surface area is 190 Å². The van der Waals surface area contributed by atoms with Crippen LogP contribution in [0.15, 0.2) is 36.4 Å². The lowest BCUT2D eigenvalue weighted by Gasteiger charge is -2.37. The minimum Gasteiger partial charge on any atom is -0.321 e. The molecule has 2 N–H and O–H groups in total. The summed E-state index contributed by atoms with van der Waals surface area (Å²) in [5, 5.41) is 11.3. The molecule has 0 unspecified atom stereocenters. The molecule has 2 aromatic carbocycles. The lowest BCUT2D eigenvalue weighted by Crippen LogP contribution is -2.58. The molecule has 0 atom stereocenters. The van der Waals surface area contributed by atoms with E-state index in [1.807, 2.05) is 6.07 Å². The molecule has 0 saturated heterocycles. The number of nitrogens with one attached hydrogen (secondary N) is 1. The first kappa shape index (κ1) is 27.1. The molecule has 0 aliphatic heterocycles. The van der Waals surface area contributed by atoms with Gasteiger partial charge in [-0.15, -0.1) is 0 Å². The smallest absolute Gasteiger partial charge is 0.321 e. The largest absolute Gasteiger partial charge is 0.408 e. The minimum atomic E-state index is -6.13. The second-order valence-corrected chi connectivity index (χ2v) is 8.90. The van der Waals surface area contributed by atoms with Crippen LogP contribution in [-0.4, -0.2) is 37.0 Å². The van der Waals surface area contributed by atoms with Crippen LogP contribution in [0.25, 0.3) is 0 Å². The van der Waals surface area contributed by atoms with Crippen LogP contribution in [0.2, 0.25) is 0 Å². The van der Waals surface area contributed by atoms with Gasteiger partial charge >= 0.3 is 12.4 Å². The van der Waals surface area contributed by atoms with Gasteiger partial charge in [0.05, 0.1) is 11.6 Å². The van der Waals surface area contributed by atoms with Crippen molar-refractivity contribution in [2.75, 3.05) is 11.1 Å². The summed E-state index contributed by atoms with van der Waals surface area (Å²) in [6, 6.07) is 8.19. The highest BCUT2D eigenvalue weighted by atomic mass is 32.2. The van der Waals surface area contributed by atoms with E-state index >= 15 is 0 Å². The third-order valence-electron chi connectivity index (χ3n) is 5.17. The number of anilines is 1. The standard InChI is InChI=1S/C21H18F6N2O4S/c1-3-14-9-16(19(20(22,23)24,21(25,26)27)11-34(31,32)33)8-12(2)17(14)29-18(30)15-6-4-13(10-28)5-7-15/h4-9H,3,11H2,1-2H3,(H,29,30)(H,31,32,33). The van der Waals surface area contributed by atoms with Crippen LogP contribution >= 0.6 is 0 Å². The predicted octanol–water partition coefficient (Wildman–Crippen LogP) is 4.93. The Morgan fingerprint density at radius 1 is 1.06 bits per heavy atom. The summed E-state index contributed by atoms with van der Waals surface area (Å²) in [6.45, 7) is 2.57. The number of benzene rings is 2. The van der Waals surface area contributed by atoms with Gasteiger partial charge in [-0.2, -0.15) is 40.0 Å². The summed E-state index contributed by atoms with van der Waals surface area (Å²) in [7, 11) is -5.73. The summed E-state index contributed by atoms with van der Waals surface area (Å²) < 4.78 is 115. The molecule has 34 heavy (non-hydrogen) atoms. The van der Waals surface area contributed by atoms with Crippen molar-refractivity contribution in [3.63, 3.8) is 0 Å². The van der Waals surface area contributed by atoms with Crippen molar-refractivity contribution in [3.05, 3.63) is 64.2 Å². The van der Waals surface area contributed by atoms with Gasteiger partial charge in [-0.3, -0.25) is 9.35 Å². The van der Waals surface area contributed by atoms with Crippen molar-refractivity contribution in [1.29, 1.82) is 5.26 Å². The van der Waals surface area contributed by atoms with E-state index in [0.717, 1.165) is 6.92 Å². The molecule has 0 aliphatic carbocycles. The van der Waals surface area contributed by atoms with Gasteiger partial charge in [0.15, 0.2) is 0 Å². The second kappa shape index (κ2) is 9.27. The fourth-order valence-electron chi connectivity index (χ4n) is 3.45. The van der Waals surface area contributed by atoms with E-state index in [4.69, 9.17) is 9.81 Å². The van der Waals surface area contributed by atoms with Gasteiger partial charge in [0.2, 0.25) is 5.41 Å². The third kappa shape index (κ3) is 5.34. The Morgan fingerprint density at radius 3 is 2.00 bits per heavy atom. The Morgan fingerprint density at radius 2 is 1.59 bits per heavy atom. The van der Waals surface area contributed by atoms with E-state index in [0.29, 0.717) is 12.1 Å². The van der Waals surface area contributed by atoms with E-state index in [1.54, 1.807) is 0 Å². The summed E-state index contributed by atoms with van der Waals surface area (Å²) in [4.78, 5) is 12.6. The topological polar surface area (TPSA) is 107 Å². The van der Waals surface area contributed by atoms with Gasteiger partial charge in [-0.1, -0.05) is 19.1 Å². The molecule has 0 saturated carbocycles. The zero-order valence-electron chi connectivity index (χ0n) is 17.7. The number of aryl methyl sites for hydroxylation is 2. The first-order chi connectivity index (χ1) is 15.5. The third-order valence-corrected chi connectivity index (χ3v) is 5.97. The SMILES string of the molecule is CCc1cc(C(CS(=O)(=O)O)(C(F)(F)F)C(F)(F)F)cc(C)c1NC(=O)c1ccc(C#N)cc1. The molecule has 0 radical (unpaired) electrons. The van der Waals surface area contributed by atoms with Crippen molar-refractivity contribution in [2.45, 2.75) is 38.0 Å². The number of hydrogen-bond acceptors (Lipinski definition) is 4. The number of halogens is 6. The average molecular weight is 508 g/mol. The van der Waals surface area contributed by atoms with Crippen LogP contribution in [0.4, 0.5) is 32.0 Å². The van der Waals surface area contributed by atoms with Crippen LogP contribution in [0.1, 0.15) is 39.5 Å². The number of amides is 1. The number of nitriles is 1. The number of carbonyl (C=O) groups excluding carboxylic acids is 1. The Bertz CT molecular complexity index is 1220. The molecular weight excluding hydrogens is 490 g/mol. The minimum absolute atomic E-state index is 0.0503. The van der Waals surface area contributed by atoms with Crippen LogP contribution in [0, 0.1) is 18.3 Å². The molecule has 184 valence electrons. The molecule has 0 heterocycles. The average Bonchev–Trinajstić information content (AvgIpc) is 2.70. The van der Waals surface area contributed by atoms with Gasteiger partial charge in [0.1, 0.15) is 5.75 Å². The molecule has 1 amide bonds. The highest BCUT2D eigenvalue weighted by Gasteiger charge is 2.73. The summed E-state index contributed by atoms with van der Waals surface area (Å²) >= 11 is 0. The van der Waals surface area contributed by atoms with Crippen LogP contribution in [0.5, 0.6) is 0 Å². The molecular formula is C21H18F6N2O4S. The van der Waals surface area contributed by atoms with Crippen molar-refractivity contribution < 1.29 is 44.1 Å². The highest BCUT2D eigenvalue weighted by molar-refractivity contribution is 7.85. The normalized spacial score (nSPS) is 12.8. The Kier molecular flexibility index (Phi) is 7.39. The lowest BCUT2D eigenvalue weighted by molar-refractivity contribution is -0.296. The second-order valence-electron chi connectivity index (χ2n) is 7.45. The summed E-state index contributed by atoms with van der Waals surface area (Å²) in [6.07, 6.45) is -12.4. The van der Waals surface area contributed by atoms with Crippen molar-refractivity contribution in [3.8, 4) is 6.07 Å². The zero-order chi connectivity index (χ0) is 26.1. The van der Waals surface area contributed by atoms with Gasteiger partial charge < -0.3 is 5.32 Å². The van der Waals surface area contributed by atoms with Gasteiger partial charge in [0.25, 0.3) is 16.0 Å². The highest BCUT2D eigenvalue weighted by Crippen LogP contribution is 2.53. The maximum absolute atomic E-state index is 13.9. The molecule has 0 bridgehead atoms. The number of hydrogen-bond donors (Lipinski definition) is 2. The summed E-state index contributed by atoms with van der Waals surface area (Å²) in [5.41, 5.74) is -6.36. The van der Waals surface area contributed by atoms with E-state index < -0.39 is 45.1 Å². The molecule has 2 aromatic rings. The van der Waals surface area contributed by atoms with Crippen molar-refractivity contribution in [1.82, 2.24) is 0 Å². The quantitative estimate of drug-likeness (QED) is 0.425. The van der Waals surface area contributed by atoms with E-state index in [9.17, 15) is 39.6 Å². The van der Waals surface area contributed by atoms with Crippen LogP contribution in [-0.2, 0) is 22.0 Å². The molecule has 0 spiro atoms. The fourth-order valence-corrected chi connectivity index (χ4v) is 4.50. The summed E-state index contributed by atoms with van der Waals surface area (Å²) in [5.74, 6) is -3.39. The van der Waals surface area contributed by atoms with E-state index in [1.165, 1.54) is 31.2 Å². The lowest BCUT2D eigenvalue weighted by atomic mass is 9.78. The molecule has 0 aromatic heterocycles. The number of alkyl halides is 6. The predicted molar refractivity (Wildman–Crippen MR) is 110 cm³/mol.